The summed E-state index contributed by atoms with van der Waals surface area (Å²) in [6.07, 6.45) is 2.79. The van der Waals surface area contributed by atoms with Crippen molar-refractivity contribution in [3.63, 3.8) is 0 Å². The van der Waals surface area contributed by atoms with E-state index in [9.17, 15) is 19.2 Å². The molecular weight excluding hydrogens is 494 g/mol. The van der Waals surface area contributed by atoms with E-state index in [1.54, 1.807) is 28.0 Å². The van der Waals surface area contributed by atoms with Crippen LogP contribution in [0.15, 0.2) is 54.7 Å². The van der Waals surface area contributed by atoms with E-state index in [0.717, 1.165) is 16.6 Å². The van der Waals surface area contributed by atoms with Crippen LogP contribution >= 0.6 is 0 Å². The number of anilines is 1. The number of carbonyl (C=O) groups is 4. The molecule has 3 heterocycles. The van der Waals surface area contributed by atoms with Crippen LogP contribution in [-0.2, 0) is 9.59 Å². The number of nitrogens with one attached hydrogen (secondary N) is 2. The summed E-state index contributed by atoms with van der Waals surface area (Å²) >= 11 is 0. The first-order valence-corrected chi connectivity index (χ1v) is 13.4. The summed E-state index contributed by atoms with van der Waals surface area (Å²) in [4.78, 5) is 61.7. The van der Waals surface area contributed by atoms with E-state index in [0.29, 0.717) is 30.5 Å². The molecule has 39 heavy (non-hydrogen) atoms. The SMILES string of the molecule is CC(C)C[C@H](NC(=O)c1ccc(N(C)C)cc1)C(=O)N1CCC2C1C(=O)CN2C(=O)c1ccc2[nH]ccc2c1. The molecule has 9 heteroatoms. The zero-order valence-electron chi connectivity index (χ0n) is 22.8. The molecule has 2 unspecified atom stereocenters. The molecule has 0 saturated carbocycles. The second kappa shape index (κ2) is 10.6. The third kappa shape index (κ3) is 5.13. The van der Waals surface area contributed by atoms with Crippen LogP contribution in [0.2, 0.25) is 0 Å². The van der Waals surface area contributed by atoms with Gasteiger partial charge in [-0.15, -0.1) is 0 Å². The topological polar surface area (TPSA) is 106 Å². The summed E-state index contributed by atoms with van der Waals surface area (Å²) in [6, 6.07) is 12.7. The number of hydrogen-bond donors (Lipinski definition) is 2. The fourth-order valence-corrected chi connectivity index (χ4v) is 5.74. The number of hydrogen-bond acceptors (Lipinski definition) is 5. The van der Waals surface area contributed by atoms with E-state index in [2.05, 4.69) is 10.3 Å². The largest absolute Gasteiger partial charge is 0.378 e. The molecule has 0 bridgehead atoms. The molecule has 3 atom stereocenters. The number of ketones is 1. The van der Waals surface area contributed by atoms with E-state index in [4.69, 9.17) is 0 Å². The molecule has 3 aromatic rings. The lowest BCUT2D eigenvalue weighted by Crippen LogP contribution is -2.53. The highest BCUT2D eigenvalue weighted by Gasteiger charge is 2.52. The van der Waals surface area contributed by atoms with Crippen molar-refractivity contribution in [2.75, 3.05) is 32.1 Å². The third-order valence-corrected chi connectivity index (χ3v) is 7.72. The molecule has 2 saturated heterocycles. The van der Waals surface area contributed by atoms with Crippen LogP contribution in [0.3, 0.4) is 0 Å². The summed E-state index contributed by atoms with van der Waals surface area (Å²) in [5.41, 5.74) is 2.89. The Kier molecular flexibility index (Phi) is 7.16. The van der Waals surface area contributed by atoms with Gasteiger partial charge in [-0.3, -0.25) is 19.2 Å². The summed E-state index contributed by atoms with van der Waals surface area (Å²) in [5, 5.41) is 3.85. The van der Waals surface area contributed by atoms with Crippen molar-refractivity contribution in [1.29, 1.82) is 0 Å². The zero-order valence-corrected chi connectivity index (χ0v) is 22.8. The van der Waals surface area contributed by atoms with Gasteiger partial charge in [0.25, 0.3) is 11.8 Å². The first-order valence-electron chi connectivity index (χ1n) is 13.4. The van der Waals surface area contributed by atoms with Crippen molar-refractivity contribution in [3.05, 3.63) is 65.9 Å². The Labute approximate surface area is 228 Å². The Bertz CT molecular complexity index is 1410. The van der Waals surface area contributed by atoms with E-state index < -0.39 is 12.1 Å². The highest BCUT2D eigenvalue weighted by Crippen LogP contribution is 2.32. The Hall–Kier alpha value is -4.14. The zero-order chi connectivity index (χ0) is 27.8. The van der Waals surface area contributed by atoms with Crippen LogP contribution in [0.1, 0.15) is 47.4 Å². The molecule has 204 valence electrons. The fourth-order valence-electron chi connectivity index (χ4n) is 5.74. The summed E-state index contributed by atoms with van der Waals surface area (Å²) in [6.45, 7) is 4.33. The molecule has 2 aliphatic heterocycles. The minimum Gasteiger partial charge on any atom is -0.378 e. The number of nitrogens with zero attached hydrogens (tertiary/aromatic N) is 3. The number of Topliss-reactive ketones (excluding diaryl/α,β-unsaturated/α-hetero) is 1. The highest BCUT2D eigenvalue weighted by molar-refractivity contribution is 6.04. The van der Waals surface area contributed by atoms with Crippen molar-refractivity contribution >= 4 is 40.1 Å². The molecule has 2 aliphatic rings. The monoisotopic (exact) mass is 529 g/mol. The first-order chi connectivity index (χ1) is 18.6. The summed E-state index contributed by atoms with van der Waals surface area (Å²) < 4.78 is 0. The lowest BCUT2D eigenvalue weighted by Gasteiger charge is -2.29. The van der Waals surface area contributed by atoms with Crippen LogP contribution in [0.5, 0.6) is 0 Å². The molecule has 0 radical (unpaired) electrons. The van der Waals surface area contributed by atoms with Gasteiger partial charge >= 0.3 is 0 Å². The average Bonchev–Trinajstić information content (AvgIpc) is 3.63. The summed E-state index contributed by atoms with van der Waals surface area (Å²) in [5.74, 6) is -0.803. The molecule has 9 nitrogen and oxygen atoms in total. The number of rotatable bonds is 7. The number of aromatic amines is 1. The smallest absolute Gasteiger partial charge is 0.254 e. The quantitative estimate of drug-likeness (QED) is 0.489. The lowest BCUT2D eigenvalue weighted by molar-refractivity contribution is -0.138. The maximum absolute atomic E-state index is 13.8. The predicted octanol–water partition coefficient (Wildman–Crippen LogP) is 3.07. The number of H-pyrrole nitrogens is 1. The van der Waals surface area contributed by atoms with Gasteiger partial charge in [-0.2, -0.15) is 0 Å². The molecular formula is C30H35N5O4. The van der Waals surface area contributed by atoms with Gasteiger partial charge in [-0.05, 0) is 67.3 Å². The van der Waals surface area contributed by atoms with Crippen LogP contribution < -0.4 is 10.2 Å². The van der Waals surface area contributed by atoms with E-state index in [-0.39, 0.29) is 42.0 Å². The second-order valence-electron chi connectivity index (χ2n) is 11.1. The van der Waals surface area contributed by atoms with Crippen molar-refractivity contribution in [3.8, 4) is 0 Å². The van der Waals surface area contributed by atoms with Crippen LogP contribution in [0.25, 0.3) is 10.9 Å². The second-order valence-corrected chi connectivity index (χ2v) is 11.1. The lowest BCUT2D eigenvalue weighted by atomic mass is 10.0. The number of aromatic nitrogens is 1. The van der Waals surface area contributed by atoms with E-state index in [1.165, 1.54) is 0 Å². The molecule has 2 N–H and O–H groups in total. The summed E-state index contributed by atoms with van der Waals surface area (Å²) in [7, 11) is 3.85. The predicted molar refractivity (Wildman–Crippen MR) is 150 cm³/mol. The normalized spacial score (nSPS) is 19.5. The van der Waals surface area contributed by atoms with Crippen LogP contribution in [0, 0.1) is 5.92 Å². The van der Waals surface area contributed by atoms with Gasteiger partial charge in [0, 0.05) is 54.6 Å². The highest BCUT2D eigenvalue weighted by atomic mass is 16.2. The first kappa shape index (κ1) is 26.5. The molecule has 5 rings (SSSR count). The Morgan fingerprint density at radius 1 is 1.03 bits per heavy atom. The Balaban J connectivity index is 1.32. The number of benzene rings is 2. The molecule has 2 aromatic carbocycles. The van der Waals surface area contributed by atoms with Gasteiger partial charge in [0.1, 0.15) is 12.1 Å². The number of likely N-dealkylation sites (tertiary alicyclic amines) is 2. The van der Waals surface area contributed by atoms with Crippen molar-refractivity contribution in [1.82, 2.24) is 20.1 Å². The van der Waals surface area contributed by atoms with Gasteiger partial charge in [0.15, 0.2) is 5.78 Å². The third-order valence-electron chi connectivity index (χ3n) is 7.72. The van der Waals surface area contributed by atoms with E-state index >= 15 is 0 Å². The fraction of sp³-hybridized carbons (Fsp3) is 0.400. The molecule has 3 amide bonds. The van der Waals surface area contributed by atoms with Crippen molar-refractivity contribution < 1.29 is 19.2 Å². The van der Waals surface area contributed by atoms with Crippen LogP contribution in [0.4, 0.5) is 5.69 Å². The minimum atomic E-state index is -0.765. The van der Waals surface area contributed by atoms with Gasteiger partial charge in [0.05, 0.1) is 12.6 Å². The van der Waals surface area contributed by atoms with Gasteiger partial charge in [0.2, 0.25) is 5.91 Å². The van der Waals surface area contributed by atoms with Crippen molar-refractivity contribution in [2.45, 2.75) is 44.8 Å². The molecule has 0 spiro atoms. The van der Waals surface area contributed by atoms with E-state index in [1.807, 2.05) is 69.4 Å². The van der Waals surface area contributed by atoms with Crippen molar-refractivity contribution in [2.24, 2.45) is 5.92 Å². The Morgan fingerprint density at radius 3 is 2.44 bits per heavy atom. The maximum atomic E-state index is 13.8. The number of carbonyl (C=O) groups excluding carboxylic acids is 4. The Morgan fingerprint density at radius 2 is 1.74 bits per heavy atom. The van der Waals surface area contributed by atoms with Gasteiger partial charge in [-0.25, -0.2) is 0 Å². The molecule has 2 fully saturated rings. The average molecular weight is 530 g/mol. The number of fused-ring (bicyclic) bond motifs is 2. The van der Waals surface area contributed by atoms with Gasteiger partial charge in [-0.1, -0.05) is 13.8 Å². The standard InChI is InChI=1S/C30H35N5O4/c1-18(2)15-24(32-28(37)19-5-8-22(9-6-19)33(3)4)30(39)34-14-12-25-27(34)26(36)17-35(25)29(38)21-7-10-23-20(16-21)11-13-31-23/h5-11,13,16,18,24-25,27,31H,12,14-15,17H2,1-4H3,(H,32,37)/t24-,25?,27?/m0/s1. The molecule has 0 aliphatic carbocycles. The van der Waals surface area contributed by atoms with Crippen LogP contribution in [-0.4, -0.2) is 83.6 Å². The molecule has 1 aromatic heterocycles. The minimum absolute atomic E-state index is 0.0252. The number of amides is 3. The maximum Gasteiger partial charge on any atom is 0.254 e. The van der Waals surface area contributed by atoms with Gasteiger partial charge < -0.3 is 25.0 Å².